The maximum atomic E-state index is 12.3. The molecule has 3 rings (SSSR count). The van der Waals surface area contributed by atoms with Crippen molar-refractivity contribution in [3.63, 3.8) is 0 Å². The maximum absolute atomic E-state index is 12.3. The van der Waals surface area contributed by atoms with Gasteiger partial charge in [-0.1, -0.05) is 0 Å². The Kier molecular flexibility index (Phi) is 7.33. The molecule has 0 spiro atoms. The largest absolute Gasteiger partial charge is 0.497 e. The number of methoxy groups -OCH3 is 1. The second-order valence-corrected chi connectivity index (χ2v) is 8.58. The molecule has 0 radical (unpaired) electrons. The molecule has 0 saturated carbocycles. The Bertz CT molecular complexity index is 807. The van der Waals surface area contributed by atoms with Gasteiger partial charge in [0.1, 0.15) is 5.75 Å². The third-order valence-electron chi connectivity index (χ3n) is 4.72. The van der Waals surface area contributed by atoms with Crippen LogP contribution in [0.1, 0.15) is 26.2 Å². The highest BCUT2D eigenvalue weighted by atomic mass is 32.2. The van der Waals surface area contributed by atoms with Crippen molar-refractivity contribution in [3.8, 4) is 17.0 Å². The molecule has 1 saturated heterocycles. The number of aromatic nitrogens is 1. The lowest BCUT2D eigenvalue weighted by Gasteiger charge is -2.33. The van der Waals surface area contributed by atoms with E-state index in [9.17, 15) is 9.59 Å². The van der Waals surface area contributed by atoms with Crippen molar-refractivity contribution in [1.82, 2.24) is 9.88 Å². The van der Waals surface area contributed by atoms with Crippen LogP contribution in [-0.2, 0) is 9.59 Å². The number of hydrogen-bond acceptors (Lipinski definition) is 6. The monoisotopic (exact) mass is 419 g/mol. The molecule has 1 aromatic heterocycles. The van der Waals surface area contributed by atoms with E-state index in [0.717, 1.165) is 36.4 Å². The lowest BCUT2D eigenvalue weighted by molar-refractivity contribution is -0.131. The van der Waals surface area contributed by atoms with Crippen molar-refractivity contribution in [3.05, 3.63) is 29.6 Å². The molecule has 1 fully saturated rings. The summed E-state index contributed by atoms with van der Waals surface area (Å²) in [5.41, 5.74) is 1.78. The molecule has 1 aliphatic rings. The van der Waals surface area contributed by atoms with Gasteiger partial charge in [-0.15, -0.1) is 23.1 Å². The summed E-state index contributed by atoms with van der Waals surface area (Å²) in [6.07, 6.45) is 3.33. The van der Waals surface area contributed by atoms with Crippen molar-refractivity contribution < 1.29 is 14.3 Å². The highest BCUT2D eigenvalue weighted by Crippen LogP contribution is 2.26. The van der Waals surface area contributed by atoms with E-state index in [-0.39, 0.29) is 17.6 Å². The summed E-state index contributed by atoms with van der Waals surface area (Å²) in [5.74, 6) is 1.36. The Labute approximate surface area is 173 Å². The molecule has 2 amide bonds. The Morgan fingerprint density at radius 3 is 2.79 bits per heavy atom. The van der Waals surface area contributed by atoms with Crippen LogP contribution in [0, 0.1) is 0 Å². The zero-order chi connectivity index (χ0) is 19.9. The van der Waals surface area contributed by atoms with Gasteiger partial charge in [-0.05, 0) is 50.5 Å². The number of ether oxygens (including phenoxy) is 1. The molecule has 28 heavy (non-hydrogen) atoms. The first-order chi connectivity index (χ1) is 13.6. The van der Waals surface area contributed by atoms with Crippen molar-refractivity contribution >= 4 is 40.0 Å². The van der Waals surface area contributed by atoms with E-state index >= 15 is 0 Å². The first-order valence-electron chi connectivity index (χ1n) is 9.34. The van der Waals surface area contributed by atoms with Gasteiger partial charge in [-0.3, -0.25) is 9.59 Å². The molecule has 8 heteroatoms. The van der Waals surface area contributed by atoms with Gasteiger partial charge in [0.05, 0.1) is 24.3 Å². The van der Waals surface area contributed by atoms with E-state index < -0.39 is 0 Å². The van der Waals surface area contributed by atoms with Crippen LogP contribution in [0.15, 0.2) is 29.6 Å². The van der Waals surface area contributed by atoms with Crippen molar-refractivity contribution in [1.29, 1.82) is 0 Å². The first-order valence-corrected chi connectivity index (χ1v) is 11.4. The molecule has 2 aromatic rings. The number of nitrogens with one attached hydrogen (secondary N) is 1. The smallest absolute Gasteiger partial charge is 0.236 e. The number of thiazole rings is 1. The number of benzene rings is 1. The molecule has 0 bridgehead atoms. The number of thioether (sulfide) groups is 1. The molecular formula is C20H25N3O3S2. The summed E-state index contributed by atoms with van der Waals surface area (Å²) in [6.45, 7) is 2.93. The minimum Gasteiger partial charge on any atom is -0.497 e. The molecule has 1 aromatic carbocycles. The standard InChI is InChI=1S/C20H25N3O3S2/c1-14-5-3-4-10-23(14)19(25)13-27-12-18(24)22-20-21-17(11-28-20)15-6-8-16(26-2)9-7-15/h6-9,11,14H,3-5,10,12-13H2,1-2H3,(H,21,22,24). The number of likely N-dealkylation sites (tertiary alicyclic amines) is 1. The van der Waals surface area contributed by atoms with Crippen LogP contribution in [0.25, 0.3) is 11.3 Å². The van der Waals surface area contributed by atoms with E-state index in [1.807, 2.05) is 34.5 Å². The first kappa shape index (κ1) is 20.7. The number of anilines is 1. The Morgan fingerprint density at radius 2 is 2.07 bits per heavy atom. The average molecular weight is 420 g/mol. The molecular weight excluding hydrogens is 394 g/mol. The van der Waals surface area contributed by atoms with Crippen molar-refractivity contribution in [2.45, 2.75) is 32.2 Å². The lowest BCUT2D eigenvalue weighted by Crippen LogP contribution is -2.43. The fourth-order valence-corrected chi connectivity index (χ4v) is 4.60. The Balaban J connectivity index is 1.44. The van der Waals surface area contributed by atoms with E-state index in [2.05, 4.69) is 17.2 Å². The summed E-state index contributed by atoms with van der Waals surface area (Å²) < 4.78 is 5.16. The average Bonchev–Trinajstić information content (AvgIpc) is 3.16. The summed E-state index contributed by atoms with van der Waals surface area (Å²) in [7, 11) is 1.63. The van der Waals surface area contributed by atoms with Crippen LogP contribution in [0.2, 0.25) is 0 Å². The second-order valence-electron chi connectivity index (χ2n) is 6.74. The van der Waals surface area contributed by atoms with Crippen LogP contribution in [0.4, 0.5) is 5.13 Å². The van der Waals surface area contributed by atoms with Crippen molar-refractivity contribution in [2.75, 3.05) is 30.5 Å². The van der Waals surface area contributed by atoms with E-state index in [4.69, 9.17) is 4.74 Å². The fraction of sp³-hybridized carbons (Fsp3) is 0.450. The van der Waals surface area contributed by atoms with Gasteiger partial charge in [0.25, 0.3) is 0 Å². The minimum absolute atomic E-state index is 0.126. The van der Waals surface area contributed by atoms with Crippen LogP contribution in [0.3, 0.4) is 0 Å². The number of amides is 2. The van der Waals surface area contributed by atoms with Crippen LogP contribution < -0.4 is 10.1 Å². The van der Waals surface area contributed by atoms with Gasteiger partial charge in [-0.25, -0.2) is 4.98 Å². The maximum Gasteiger partial charge on any atom is 0.236 e. The SMILES string of the molecule is COc1ccc(-c2csc(NC(=O)CSCC(=O)N3CCCCC3C)n2)cc1. The molecule has 1 unspecified atom stereocenters. The highest BCUT2D eigenvalue weighted by molar-refractivity contribution is 8.00. The summed E-state index contributed by atoms with van der Waals surface area (Å²) in [6, 6.07) is 7.93. The summed E-state index contributed by atoms with van der Waals surface area (Å²) >= 11 is 2.74. The normalized spacial score (nSPS) is 16.6. The summed E-state index contributed by atoms with van der Waals surface area (Å²) in [4.78, 5) is 30.9. The Hall–Kier alpha value is -2.06. The number of carbonyl (C=O) groups excluding carboxylic acids is 2. The van der Waals surface area contributed by atoms with Gasteiger partial charge >= 0.3 is 0 Å². The van der Waals surface area contributed by atoms with Gasteiger partial charge < -0.3 is 15.0 Å². The predicted octanol–water partition coefficient (Wildman–Crippen LogP) is 3.89. The number of rotatable bonds is 7. The Morgan fingerprint density at radius 1 is 1.29 bits per heavy atom. The fourth-order valence-electron chi connectivity index (χ4n) is 3.16. The highest BCUT2D eigenvalue weighted by Gasteiger charge is 2.23. The number of carbonyl (C=O) groups is 2. The molecule has 1 aliphatic heterocycles. The van der Waals surface area contributed by atoms with Crippen LogP contribution >= 0.6 is 23.1 Å². The van der Waals surface area contributed by atoms with E-state index in [1.54, 1.807) is 7.11 Å². The van der Waals surface area contributed by atoms with Gasteiger partial charge in [0.15, 0.2) is 5.13 Å². The van der Waals surface area contributed by atoms with Crippen LogP contribution in [-0.4, -0.2) is 52.9 Å². The predicted molar refractivity (Wildman–Crippen MR) is 115 cm³/mol. The molecule has 2 heterocycles. The van der Waals surface area contributed by atoms with E-state index in [1.165, 1.54) is 29.5 Å². The number of hydrogen-bond donors (Lipinski definition) is 1. The zero-order valence-electron chi connectivity index (χ0n) is 16.1. The van der Waals surface area contributed by atoms with Crippen molar-refractivity contribution in [2.24, 2.45) is 0 Å². The third kappa shape index (κ3) is 5.48. The topological polar surface area (TPSA) is 71.5 Å². The minimum atomic E-state index is -0.139. The molecule has 1 atom stereocenters. The van der Waals surface area contributed by atoms with Gasteiger partial charge in [-0.2, -0.15) is 0 Å². The number of piperidine rings is 1. The molecule has 0 aliphatic carbocycles. The zero-order valence-corrected chi connectivity index (χ0v) is 17.8. The van der Waals surface area contributed by atoms with Gasteiger partial charge in [0.2, 0.25) is 11.8 Å². The molecule has 6 nitrogen and oxygen atoms in total. The van der Waals surface area contributed by atoms with Crippen LogP contribution in [0.5, 0.6) is 5.75 Å². The third-order valence-corrected chi connectivity index (χ3v) is 6.39. The summed E-state index contributed by atoms with van der Waals surface area (Å²) in [5, 5.41) is 5.29. The molecule has 1 N–H and O–H groups in total. The quantitative estimate of drug-likeness (QED) is 0.737. The molecule has 150 valence electrons. The van der Waals surface area contributed by atoms with Gasteiger partial charge in [0, 0.05) is 23.5 Å². The second kappa shape index (κ2) is 9.93. The van der Waals surface area contributed by atoms with E-state index in [0.29, 0.717) is 16.9 Å². The number of nitrogens with zero attached hydrogens (tertiary/aromatic N) is 2. The lowest BCUT2D eigenvalue weighted by atomic mass is 10.0.